The zero-order valence-corrected chi connectivity index (χ0v) is 11.1. The Morgan fingerprint density at radius 3 is 2.94 bits per heavy atom. The molecule has 0 aliphatic carbocycles. The minimum Gasteiger partial charge on any atom is -0.491 e. The van der Waals surface area contributed by atoms with Gasteiger partial charge in [0.25, 0.3) is 0 Å². The number of nitrogens with zero attached hydrogens (tertiary/aromatic N) is 1. The number of nitrogens with one attached hydrogen (secondary N) is 1. The monoisotopic (exact) mass is 240 g/mol. The van der Waals surface area contributed by atoms with Crippen molar-refractivity contribution >= 4 is 11.8 Å². The van der Waals surface area contributed by atoms with Crippen LogP contribution in [0.4, 0.5) is 0 Å². The lowest BCUT2D eigenvalue weighted by molar-refractivity contribution is 0.337. The molecule has 0 atom stereocenters. The second-order valence-electron chi connectivity index (χ2n) is 3.52. The van der Waals surface area contributed by atoms with E-state index in [1.807, 2.05) is 19.1 Å². The summed E-state index contributed by atoms with van der Waals surface area (Å²) < 4.78 is 5.71. The lowest BCUT2D eigenvalue weighted by atomic mass is 10.3. The first-order valence-corrected chi connectivity index (χ1v) is 6.96. The molecule has 0 amide bonds. The third kappa shape index (κ3) is 4.41. The molecule has 90 valence electrons. The molecule has 0 aliphatic rings. The van der Waals surface area contributed by atoms with Gasteiger partial charge in [-0.15, -0.1) is 0 Å². The Bertz CT molecular complexity index is 318. The van der Waals surface area contributed by atoms with Gasteiger partial charge in [-0.05, 0) is 31.9 Å². The zero-order chi connectivity index (χ0) is 11.8. The van der Waals surface area contributed by atoms with Crippen LogP contribution in [0.1, 0.15) is 18.3 Å². The summed E-state index contributed by atoms with van der Waals surface area (Å²) in [7, 11) is 0. The van der Waals surface area contributed by atoms with Gasteiger partial charge in [0, 0.05) is 18.0 Å². The summed E-state index contributed by atoms with van der Waals surface area (Å²) >= 11 is 1.79. The summed E-state index contributed by atoms with van der Waals surface area (Å²) in [6.45, 7) is 6.54. The number of hydrogen-bond acceptors (Lipinski definition) is 4. The molecule has 1 aromatic rings. The van der Waals surface area contributed by atoms with Gasteiger partial charge in [0.2, 0.25) is 0 Å². The highest BCUT2D eigenvalue weighted by molar-refractivity contribution is 7.98. The van der Waals surface area contributed by atoms with Crippen LogP contribution in [0.2, 0.25) is 0 Å². The van der Waals surface area contributed by atoms with Crippen LogP contribution in [-0.4, -0.2) is 30.1 Å². The van der Waals surface area contributed by atoms with Gasteiger partial charge < -0.3 is 10.1 Å². The summed E-state index contributed by atoms with van der Waals surface area (Å²) in [4.78, 5) is 4.50. The molecule has 3 nitrogen and oxygen atoms in total. The summed E-state index contributed by atoms with van der Waals surface area (Å²) in [5.74, 6) is 1.91. The highest BCUT2D eigenvalue weighted by Crippen LogP contribution is 2.17. The molecule has 0 aliphatic heterocycles. The van der Waals surface area contributed by atoms with Crippen LogP contribution in [0.25, 0.3) is 0 Å². The third-order valence-electron chi connectivity index (χ3n) is 2.16. The van der Waals surface area contributed by atoms with Crippen LogP contribution < -0.4 is 10.1 Å². The molecule has 0 unspecified atom stereocenters. The van der Waals surface area contributed by atoms with Crippen LogP contribution in [0.15, 0.2) is 12.1 Å². The summed E-state index contributed by atoms with van der Waals surface area (Å²) in [6.07, 6.45) is 2.08. The molecular weight excluding hydrogens is 220 g/mol. The van der Waals surface area contributed by atoms with E-state index in [-0.39, 0.29) is 0 Å². The summed E-state index contributed by atoms with van der Waals surface area (Å²) in [5, 5.41) is 3.27. The van der Waals surface area contributed by atoms with Crippen LogP contribution >= 0.6 is 11.8 Å². The average Bonchev–Trinajstić information content (AvgIpc) is 2.29. The smallest absolute Gasteiger partial charge is 0.142 e. The van der Waals surface area contributed by atoms with Crippen LogP contribution in [0.5, 0.6) is 5.75 Å². The Labute approximate surface area is 102 Å². The van der Waals surface area contributed by atoms with Crippen LogP contribution in [-0.2, 0) is 6.54 Å². The van der Waals surface area contributed by atoms with E-state index in [2.05, 4.69) is 23.5 Å². The molecule has 0 fully saturated rings. The minimum absolute atomic E-state index is 0.741. The summed E-state index contributed by atoms with van der Waals surface area (Å²) in [5.41, 5.74) is 2.04. The molecule has 1 heterocycles. The number of pyridine rings is 1. The van der Waals surface area contributed by atoms with Crippen molar-refractivity contribution < 1.29 is 4.74 Å². The van der Waals surface area contributed by atoms with Gasteiger partial charge in [-0.1, -0.05) is 6.92 Å². The Morgan fingerprint density at radius 2 is 2.25 bits per heavy atom. The van der Waals surface area contributed by atoms with Gasteiger partial charge in [0.05, 0.1) is 12.3 Å². The van der Waals surface area contributed by atoms with Crippen LogP contribution in [0.3, 0.4) is 0 Å². The van der Waals surface area contributed by atoms with Crippen LogP contribution in [0, 0.1) is 6.92 Å². The normalized spacial score (nSPS) is 10.4. The lowest BCUT2D eigenvalue weighted by Crippen LogP contribution is -2.15. The van der Waals surface area contributed by atoms with Gasteiger partial charge >= 0.3 is 0 Å². The molecular formula is C12H20N2OS. The van der Waals surface area contributed by atoms with Gasteiger partial charge in [0.1, 0.15) is 5.75 Å². The van der Waals surface area contributed by atoms with Crippen molar-refractivity contribution in [1.29, 1.82) is 0 Å². The van der Waals surface area contributed by atoms with E-state index >= 15 is 0 Å². The largest absolute Gasteiger partial charge is 0.491 e. The zero-order valence-electron chi connectivity index (χ0n) is 10.2. The maximum Gasteiger partial charge on any atom is 0.142 e. The SMILES string of the molecule is CCNCc1nc(C)ccc1OCCSC. The molecule has 1 N–H and O–H groups in total. The van der Waals surface area contributed by atoms with Crippen molar-refractivity contribution in [1.82, 2.24) is 10.3 Å². The number of aryl methyl sites for hydroxylation is 1. The molecule has 0 saturated carbocycles. The van der Waals surface area contributed by atoms with Crippen molar-refractivity contribution in [3.63, 3.8) is 0 Å². The molecule has 0 bridgehead atoms. The van der Waals surface area contributed by atoms with Crippen molar-refractivity contribution in [2.75, 3.05) is 25.2 Å². The van der Waals surface area contributed by atoms with Crippen molar-refractivity contribution in [2.45, 2.75) is 20.4 Å². The number of aromatic nitrogens is 1. The Balaban J connectivity index is 2.64. The summed E-state index contributed by atoms with van der Waals surface area (Å²) in [6, 6.07) is 4.00. The maximum absolute atomic E-state index is 5.71. The van der Waals surface area contributed by atoms with E-state index in [0.717, 1.165) is 42.6 Å². The Kier molecular flexibility index (Phi) is 6.26. The number of rotatable bonds is 7. The second kappa shape index (κ2) is 7.52. The van der Waals surface area contributed by atoms with Crippen molar-refractivity contribution in [3.05, 3.63) is 23.5 Å². The molecule has 0 radical (unpaired) electrons. The molecule has 0 spiro atoms. The van der Waals surface area contributed by atoms with E-state index < -0.39 is 0 Å². The van der Waals surface area contributed by atoms with Gasteiger partial charge in [0.15, 0.2) is 0 Å². The van der Waals surface area contributed by atoms with Gasteiger partial charge in [-0.2, -0.15) is 11.8 Å². The average molecular weight is 240 g/mol. The Hall–Kier alpha value is -0.740. The molecule has 16 heavy (non-hydrogen) atoms. The first kappa shape index (κ1) is 13.3. The standard InChI is InChI=1S/C12H20N2OS/c1-4-13-9-11-12(15-7-8-16-3)6-5-10(2)14-11/h5-6,13H,4,7-9H2,1-3H3. The number of hydrogen-bond donors (Lipinski definition) is 1. The third-order valence-corrected chi connectivity index (χ3v) is 2.73. The fourth-order valence-electron chi connectivity index (χ4n) is 1.33. The highest BCUT2D eigenvalue weighted by atomic mass is 32.2. The van der Waals surface area contributed by atoms with Crippen molar-refractivity contribution in [2.24, 2.45) is 0 Å². The molecule has 1 rings (SSSR count). The second-order valence-corrected chi connectivity index (χ2v) is 4.50. The van der Waals surface area contributed by atoms with E-state index in [4.69, 9.17) is 4.74 Å². The lowest BCUT2D eigenvalue weighted by Gasteiger charge is -2.11. The van der Waals surface area contributed by atoms with E-state index in [9.17, 15) is 0 Å². The molecule has 1 aromatic heterocycles. The number of ether oxygens (including phenoxy) is 1. The highest BCUT2D eigenvalue weighted by Gasteiger charge is 2.05. The van der Waals surface area contributed by atoms with Gasteiger partial charge in [-0.3, -0.25) is 4.98 Å². The van der Waals surface area contributed by atoms with E-state index in [1.165, 1.54) is 0 Å². The fraction of sp³-hybridized carbons (Fsp3) is 0.583. The molecule has 4 heteroatoms. The maximum atomic E-state index is 5.71. The predicted octanol–water partition coefficient (Wildman–Crippen LogP) is 2.24. The topological polar surface area (TPSA) is 34.2 Å². The first-order valence-electron chi connectivity index (χ1n) is 5.57. The quantitative estimate of drug-likeness (QED) is 0.741. The van der Waals surface area contributed by atoms with E-state index in [1.54, 1.807) is 11.8 Å². The first-order chi connectivity index (χ1) is 7.77. The number of thioether (sulfide) groups is 1. The molecule has 0 saturated heterocycles. The van der Waals surface area contributed by atoms with E-state index in [0.29, 0.717) is 0 Å². The molecule has 0 aromatic carbocycles. The van der Waals surface area contributed by atoms with Gasteiger partial charge in [-0.25, -0.2) is 0 Å². The fourth-order valence-corrected chi connectivity index (χ4v) is 1.58. The minimum atomic E-state index is 0.741. The Morgan fingerprint density at radius 1 is 1.44 bits per heavy atom. The van der Waals surface area contributed by atoms with Crippen molar-refractivity contribution in [3.8, 4) is 5.75 Å². The predicted molar refractivity (Wildman–Crippen MR) is 70.2 cm³/mol.